The van der Waals surface area contributed by atoms with E-state index in [4.69, 9.17) is 9.47 Å². The van der Waals surface area contributed by atoms with Crippen molar-refractivity contribution in [1.29, 1.82) is 0 Å². The largest absolute Gasteiger partial charge is 0.462 e. The molecule has 0 spiro atoms. The molecule has 3 N–H and O–H groups in total. The number of ether oxygens (including phenoxy) is 2. The van der Waals surface area contributed by atoms with Gasteiger partial charge in [0.1, 0.15) is 24.1 Å². The molecule has 0 amide bonds. The first kappa shape index (κ1) is 15.7. The van der Waals surface area contributed by atoms with E-state index in [1.54, 1.807) is 13.0 Å². The second-order valence-corrected chi connectivity index (χ2v) is 6.37. The highest BCUT2D eigenvalue weighted by Gasteiger charge is 2.43. The van der Waals surface area contributed by atoms with Gasteiger partial charge in [0.05, 0.1) is 6.10 Å². The maximum atomic E-state index is 9.98. The molecule has 0 radical (unpaired) electrons. The molecule has 118 valence electrons. The predicted molar refractivity (Wildman–Crippen MR) is 84.6 cm³/mol. The molecule has 3 rings (SSSR count). The number of rotatable bonds is 2. The lowest BCUT2D eigenvalue weighted by Crippen LogP contribution is -2.58. The molecule has 0 unspecified atom stereocenters. The predicted octanol–water partition coefficient (Wildman–Crippen LogP) is 1.81. The van der Waals surface area contributed by atoms with Gasteiger partial charge in [-0.3, -0.25) is 0 Å². The summed E-state index contributed by atoms with van der Waals surface area (Å²) in [6, 6.07) is 11.4. The van der Waals surface area contributed by atoms with Gasteiger partial charge in [0.25, 0.3) is 0 Å². The van der Waals surface area contributed by atoms with E-state index in [1.807, 2.05) is 30.3 Å². The molecule has 22 heavy (non-hydrogen) atoms. The Bertz CT molecular complexity index is 677. The van der Waals surface area contributed by atoms with Crippen LogP contribution in [0.2, 0.25) is 0 Å². The van der Waals surface area contributed by atoms with Gasteiger partial charge in [0.2, 0.25) is 6.29 Å². The van der Waals surface area contributed by atoms with E-state index in [2.05, 4.69) is 15.9 Å². The molecule has 5 atom stereocenters. The Hall–Kier alpha value is -1.18. The monoisotopic (exact) mass is 368 g/mol. The van der Waals surface area contributed by atoms with Gasteiger partial charge >= 0.3 is 0 Å². The lowest BCUT2D eigenvalue weighted by atomic mass is 10.00. The Morgan fingerprint density at radius 2 is 1.68 bits per heavy atom. The normalized spacial score (nSPS) is 32.1. The van der Waals surface area contributed by atoms with Gasteiger partial charge in [-0.15, -0.1) is 0 Å². The number of benzene rings is 2. The fourth-order valence-electron chi connectivity index (χ4n) is 2.51. The van der Waals surface area contributed by atoms with Gasteiger partial charge in [0.15, 0.2) is 0 Å². The van der Waals surface area contributed by atoms with Crippen molar-refractivity contribution in [3.63, 3.8) is 0 Å². The van der Waals surface area contributed by atoms with Crippen LogP contribution in [0.3, 0.4) is 0 Å². The average Bonchev–Trinajstić information content (AvgIpc) is 2.50. The summed E-state index contributed by atoms with van der Waals surface area (Å²) in [5, 5.41) is 31.5. The molecular formula is C16H17BrO5. The van der Waals surface area contributed by atoms with E-state index < -0.39 is 30.7 Å². The summed E-state index contributed by atoms with van der Waals surface area (Å²) in [5.74, 6) is 0.519. The number of hydrogen-bond donors (Lipinski definition) is 3. The van der Waals surface area contributed by atoms with E-state index in [0.717, 1.165) is 15.2 Å². The maximum Gasteiger partial charge on any atom is 0.229 e. The maximum absolute atomic E-state index is 9.98. The van der Waals surface area contributed by atoms with Gasteiger partial charge in [0, 0.05) is 4.47 Å². The molecule has 0 bridgehead atoms. The second kappa shape index (κ2) is 6.14. The minimum atomic E-state index is -1.32. The van der Waals surface area contributed by atoms with E-state index in [0.29, 0.717) is 5.75 Å². The van der Waals surface area contributed by atoms with Crippen LogP contribution < -0.4 is 4.74 Å². The number of aliphatic hydroxyl groups excluding tert-OH is 3. The average molecular weight is 369 g/mol. The number of halogens is 1. The van der Waals surface area contributed by atoms with Crippen LogP contribution in [0, 0.1) is 0 Å². The van der Waals surface area contributed by atoms with Crippen LogP contribution in [-0.2, 0) is 4.74 Å². The molecule has 2 aromatic carbocycles. The van der Waals surface area contributed by atoms with Gasteiger partial charge in [-0.1, -0.05) is 28.1 Å². The summed E-state index contributed by atoms with van der Waals surface area (Å²) in [6.45, 7) is 1.62. The smallest absolute Gasteiger partial charge is 0.229 e. The highest BCUT2D eigenvalue weighted by atomic mass is 79.9. The highest BCUT2D eigenvalue weighted by Crippen LogP contribution is 2.28. The second-order valence-electron chi connectivity index (χ2n) is 5.45. The summed E-state index contributed by atoms with van der Waals surface area (Å²) < 4.78 is 12.0. The van der Waals surface area contributed by atoms with Gasteiger partial charge in [-0.2, -0.15) is 0 Å². The Morgan fingerprint density at radius 1 is 0.955 bits per heavy atom. The van der Waals surface area contributed by atoms with E-state index in [-0.39, 0.29) is 0 Å². The lowest BCUT2D eigenvalue weighted by Gasteiger charge is -2.38. The van der Waals surface area contributed by atoms with Crippen LogP contribution in [0.1, 0.15) is 6.92 Å². The molecule has 1 fully saturated rings. The third-order valence-corrected chi connectivity index (χ3v) is 4.33. The van der Waals surface area contributed by atoms with Crippen molar-refractivity contribution in [3.8, 4) is 5.75 Å². The van der Waals surface area contributed by atoms with Gasteiger partial charge < -0.3 is 24.8 Å². The van der Waals surface area contributed by atoms with Crippen molar-refractivity contribution in [2.24, 2.45) is 0 Å². The molecule has 0 aliphatic carbocycles. The third-order valence-electron chi connectivity index (χ3n) is 3.83. The highest BCUT2D eigenvalue weighted by molar-refractivity contribution is 9.10. The van der Waals surface area contributed by atoms with Crippen LogP contribution in [-0.4, -0.2) is 46.0 Å². The number of hydrogen-bond acceptors (Lipinski definition) is 5. The number of aliphatic hydroxyl groups is 3. The molecule has 1 aliphatic heterocycles. The zero-order valence-corrected chi connectivity index (χ0v) is 13.5. The van der Waals surface area contributed by atoms with E-state index in [1.165, 1.54) is 0 Å². The summed E-state index contributed by atoms with van der Waals surface area (Å²) in [6.07, 6.45) is -5.41. The fourth-order valence-corrected chi connectivity index (χ4v) is 2.89. The molecule has 2 aromatic rings. The molecule has 0 saturated carbocycles. The molecular weight excluding hydrogens is 352 g/mol. The SMILES string of the molecule is C[C@H]1O[C@@H](Oc2ccc3ccc(Br)cc3c2)[C@H](O)[C@H](O)[C@H]1O. The topological polar surface area (TPSA) is 79.2 Å². The Morgan fingerprint density at radius 3 is 2.45 bits per heavy atom. The minimum absolute atomic E-state index is 0.519. The number of fused-ring (bicyclic) bond motifs is 1. The van der Waals surface area contributed by atoms with Crippen LogP contribution in [0.25, 0.3) is 10.8 Å². The molecule has 1 aliphatic rings. The van der Waals surface area contributed by atoms with E-state index in [9.17, 15) is 15.3 Å². The van der Waals surface area contributed by atoms with Crippen molar-refractivity contribution in [2.45, 2.75) is 37.6 Å². The zero-order valence-electron chi connectivity index (χ0n) is 11.9. The van der Waals surface area contributed by atoms with Crippen molar-refractivity contribution in [2.75, 3.05) is 0 Å². The van der Waals surface area contributed by atoms with Crippen LogP contribution in [0.4, 0.5) is 0 Å². The first-order chi connectivity index (χ1) is 10.5. The summed E-state index contributed by atoms with van der Waals surface area (Å²) in [5.41, 5.74) is 0. The summed E-state index contributed by atoms with van der Waals surface area (Å²) >= 11 is 3.42. The van der Waals surface area contributed by atoms with Crippen molar-refractivity contribution >= 4 is 26.7 Å². The fraction of sp³-hybridized carbons (Fsp3) is 0.375. The van der Waals surface area contributed by atoms with Crippen molar-refractivity contribution in [3.05, 3.63) is 40.9 Å². The van der Waals surface area contributed by atoms with Gasteiger partial charge in [-0.25, -0.2) is 0 Å². The summed E-state index contributed by atoms with van der Waals surface area (Å²) in [4.78, 5) is 0. The molecule has 1 saturated heterocycles. The zero-order chi connectivity index (χ0) is 15.9. The Labute approximate surface area is 136 Å². The standard InChI is InChI=1S/C16H17BrO5/c1-8-13(18)14(19)15(20)16(21-8)22-12-5-3-9-2-4-11(17)6-10(9)7-12/h2-8,13-16,18-20H,1H3/t8-,13+,14-,15-,16+/m1/s1. The summed E-state index contributed by atoms with van der Waals surface area (Å²) in [7, 11) is 0. The molecule has 6 heteroatoms. The van der Waals surface area contributed by atoms with Crippen molar-refractivity contribution in [1.82, 2.24) is 0 Å². The lowest BCUT2D eigenvalue weighted by molar-refractivity contribution is -0.268. The minimum Gasteiger partial charge on any atom is -0.462 e. The Balaban J connectivity index is 1.83. The van der Waals surface area contributed by atoms with Crippen LogP contribution in [0.5, 0.6) is 5.75 Å². The van der Waals surface area contributed by atoms with E-state index >= 15 is 0 Å². The quantitative estimate of drug-likeness (QED) is 0.753. The molecule has 1 heterocycles. The molecule has 5 nitrogen and oxygen atoms in total. The first-order valence-corrected chi connectivity index (χ1v) is 7.80. The van der Waals surface area contributed by atoms with Gasteiger partial charge in [-0.05, 0) is 42.0 Å². The van der Waals surface area contributed by atoms with Crippen LogP contribution in [0.15, 0.2) is 40.9 Å². The third kappa shape index (κ3) is 2.98. The van der Waals surface area contributed by atoms with Crippen LogP contribution >= 0.6 is 15.9 Å². The first-order valence-electron chi connectivity index (χ1n) is 7.01. The Kier molecular flexibility index (Phi) is 4.38. The molecule has 0 aromatic heterocycles. The van der Waals surface area contributed by atoms with Crippen molar-refractivity contribution < 1.29 is 24.8 Å².